The van der Waals surface area contributed by atoms with Crippen LogP contribution >= 0.6 is 0 Å². The SMILES string of the molecule is Cc1cccnc1C(O)c1cncc(OC(C)C)c1. The van der Waals surface area contributed by atoms with Crippen LogP contribution in [0.4, 0.5) is 0 Å². The fraction of sp³-hybridized carbons (Fsp3) is 0.333. The van der Waals surface area contributed by atoms with Crippen LogP contribution in [-0.4, -0.2) is 21.2 Å². The van der Waals surface area contributed by atoms with Crippen molar-refractivity contribution in [2.24, 2.45) is 0 Å². The minimum absolute atomic E-state index is 0.0748. The maximum atomic E-state index is 10.4. The van der Waals surface area contributed by atoms with Crippen LogP contribution in [-0.2, 0) is 0 Å². The van der Waals surface area contributed by atoms with Gasteiger partial charge >= 0.3 is 0 Å². The molecule has 0 saturated heterocycles. The highest BCUT2D eigenvalue weighted by atomic mass is 16.5. The third kappa shape index (κ3) is 3.29. The molecule has 4 nitrogen and oxygen atoms in total. The van der Waals surface area contributed by atoms with Crippen LogP contribution < -0.4 is 4.74 Å². The molecule has 0 fully saturated rings. The van der Waals surface area contributed by atoms with E-state index in [2.05, 4.69) is 9.97 Å². The first kappa shape index (κ1) is 13.5. The third-order valence-electron chi connectivity index (χ3n) is 2.73. The fourth-order valence-corrected chi connectivity index (χ4v) is 1.86. The lowest BCUT2D eigenvalue weighted by Gasteiger charge is -2.14. The Morgan fingerprint density at radius 1 is 1.26 bits per heavy atom. The van der Waals surface area contributed by atoms with E-state index in [9.17, 15) is 5.11 Å². The lowest BCUT2D eigenvalue weighted by atomic mass is 10.0. The maximum absolute atomic E-state index is 10.4. The van der Waals surface area contributed by atoms with Gasteiger partial charge < -0.3 is 9.84 Å². The predicted octanol–water partition coefficient (Wildman–Crippen LogP) is 2.65. The van der Waals surface area contributed by atoms with Gasteiger partial charge in [-0.05, 0) is 38.5 Å². The summed E-state index contributed by atoms with van der Waals surface area (Å²) >= 11 is 0. The lowest BCUT2D eigenvalue weighted by molar-refractivity contribution is 0.210. The normalized spacial score (nSPS) is 12.5. The van der Waals surface area contributed by atoms with Crippen LogP contribution in [0.3, 0.4) is 0 Å². The zero-order chi connectivity index (χ0) is 13.8. The minimum atomic E-state index is -0.788. The molecule has 2 rings (SSSR count). The third-order valence-corrected chi connectivity index (χ3v) is 2.73. The molecule has 0 aliphatic rings. The van der Waals surface area contributed by atoms with Crippen molar-refractivity contribution in [3.05, 3.63) is 53.6 Å². The number of nitrogens with zero attached hydrogens (tertiary/aromatic N) is 2. The van der Waals surface area contributed by atoms with Gasteiger partial charge in [-0.1, -0.05) is 6.07 Å². The molecule has 0 saturated carbocycles. The largest absolute Gasteiger partial charge is 0.489 e. The average molecular weight is 258 g/mol. The second-order valence-corrected chi connectivity index (χ2v) is 4.73. The van der Waals surface area contributed by atoms with Gasteiger partial charge in [0.15, 0.2) is 0 Å². The topological polar surface area (TPSA) is 55.2 Å². The second kappa shape index (κ2) is 5.80. The number of aliphatic hydroxyl groups excluding tert-OH is 1. The first-order valence-electron chi connectivity index (χ1n) is 6.29. The van der Waals surface area contributed by atoms with Gasteiger partial charge in [0, 0.05) is 18.0 Å². The summed E-state index contributed by atoms with van der Waals surface area (Å²) in [6.07, 6.45) is 4.23. The Labute approximate surface area is 113 Å². The molecule has 0 amide bonds. The van der Waals surface area contributed by atoms with Crippen molar-refractivity contribution in [3.8, 4) is 5.75 Å². The van der Waals surface area contributed by atoms with Crippen molar-refractivity contribution in [1.82, 2.24) is 9.97 Å². The number of hydrogen-bond donors (Lipinski definition) is 1. The molecule has 0 bridgehead atoms. The van der Waals surface area contributed by atoms with Crippen molar-refractivity contribution >= 4 is 0 Å². The van der Waals surface area contributed by atoms with Gasteiger partial charge in [-0.25, -0.2) is 0 Å². The van der Waals surface area contributed by atoms with Crippen LogP contribution in [0.15, 0.2) is 36.8 Å². The Morgan fingerprint density at radius 3 is 2.74 bits per heavy atom. The van der Waals surface area contributed by atoms with Crippen LogP contribution in [0.1, 0.15) is 36.8 Å². The van der Waals surface area contributed by atoms with E-state index in [0.717, 1.165) is 5.56 Å². The van der Waals surface area contributed by atoms with Crippen molar-refractivity contribution in [1.29, 1.82) is 0 Å². The summed E-state index contributed by atoms with van der Waals surface area (Å²) in [6, 6.07) is 5.57. The van der Waals surface area contributed by atoms with Gasteiger partial charge in [0.1, 0.15) is 11.9 Å². The van der Waals surface area contributed by atoms with Crippen molar-refractivity contribution in [3.63, 3.8) is 0 Å². The molecule has 19 heavy (non-hydrogen) atoms. The Kier molecular flexibility index (Phi) is 4.12. The number of aliphatic hydroxyl groups is 1. The van der Waals surface area contributed by atoms with Gasteiger partial charge in [-0.3, -0.25) is 9.97 Å². The van der Waals surface area contributed by atoms with Crippen molar-refractivity contribution in [2.45, 2.75) is 33.0 Å². The minimum Gasteiger partial charge on any atom is -0.489 e. The highest BCUT2D eigenvalue weighted by Gasteiger charge is 2.15. The van der Waals surface area contributed by atoms with E-state index in [0.29, 0.717) is 17.0 Å². The fourth-order valence-electron chi connectivity index (χ4n) is 1.86. The van der Waals surface area contributed by atoms with Crippen LogP contribution in [0.25, 0.3) is 0 Å². The monoisotopic (exact) mass is 258 g/mol. The average Bonchev–Trinajstić information content (AvgIpc) is 2.38. The summed E-state index contributed by atoms with van der Waals surface area (Å²) in [5, 5.41) is 10.4. The van der Waals surface area contributed by atoms with E-state index in [1.165, 1.54) is 0 Å². The van der Waals surface area contributed by atoms with Crippen LogP contribution in [0.2, 0.25) is 0 Å². The molecular formula is C15H18N2O2. The van der Waals surface area contributed by atoms with Crippen molar-refractivity contribution < 1.29 is 9.84 Å². The Morgan fingerprint density at radius 2 is 2.05 bits per heavy atom. The highest BCUT2D eigenvalue weighted by Crippen LogP contribution is 2.25. The summed E-state index contributed by atoms with van der Waals surface area (Å²) < 4.78 is 5.58. The second-order valence-electron chi connectivity index (χ2n) is 4.73. The number of aromatic nitrogens is 2. The van der Waals surface area contributed by atoms with E-state index in [1.807, 2.05) is 32.9 Å². The summed E-state index contributed by atoms with van der Waals surface area (Å²) in [6.45, 7) is 5.82. The van der Waals surface area contributed by atoms with Gasteiger partial charge in [0.25, 0.3) is 0 Å². The first-order chi connectivity index (χ1) is 9.08. The lowest BCUT2D eigenvalue weighted by Crippen LogP contribution is -2.08. The van der Waals surface area contributed by atoms with E-state index in [4.69, 9.17) is 4.74 Å². The van der Waals surface area contributed by atoms with Gasteiger partial charge in [-0.15, -0.1) is 0 Å². The molecule has 0 aromatic carbocycles. The van der Waals surface area contributed by atoms with E-state index in [-0.39, 0.29) is 6.10 Å². The Hall–Kier alpha value is -1.94. The molecule has 1 atom stereocenters. The zero-order valence-corrected chi connectivity index (χ0v) is 11.4. The molecule has 2 aromatic heterocycles. The van der Waals surface area contributed by atoms with Crippen LogP contribution in [0.5, 0.6) is 5.75 Å². The number of hydrogen-bond acceptors (Lipinski definition) is 4. The van der Waals surface area contributed by atoms with Crippen LogP contribution in [0, 0.1) is 6.92 Å². The first-order valence-corrected chi connectivity index (χ1v) is 6.29. The van der Waals surface area contributed by atoms with E-state index in [1.54, 1.807) is 24.7 Å². The zero-order valence-electron chi connectivity index (χ0n) is 11.4. The number of aryl methyl sites for hydroxylation is 1. The van der Waals surface area contributed by atoms with Crippen molar-refractivity contribution in [2.75, 3.05) is 0 Å². The highest BCUT2D eigenvalue weighted by molar-refractivity contribution is 5.32. The van der Waals surface area contributed by atoms with E-state index < -0.39 is 6.10 Å². The molecule has 0 radical (unpaired) electrons. The Balaban J connectivity index is 2.29. The quantitative estimate of drug-likeness (QED) is 0.916. The smallest absolute Gasteiger partial charge is 0.138 e. The molecule has 0 spiro atoms. The van der Waals surface area contributed by atoms with E-state index >= 15 is 0 Å². The molecule has 100 valence electrons. The summed E-state index contributed by atoms with van der Waals surface area (Å²) in [5.74, 6) is 0.653. The molecule has 0 aliphatic heterocycles. The standard InChI is InChI=1S/C15H18N2O2/c1-10(2)19-13-7-12(8-16-9-13)15(18)14-11(3)5-4-6-17-14/h4-10,15,18H,1-3H3. The number of pyridine rings is 2. The number of ether oxygens (including phenoxy) is 1. The molecule has 1 unspecified atom stereocenters. The van der Waals surface area contributed by atoms with Gasteiger partial charge in [0.2, 0.25) is 0 Å². The van der Waals surface area contributed by atoms with Gasteiger partial charge in [-0.2, -0.15) is 0 Å². The summed E-state index contributed by atoms with van der Waals surface area (Å²) in [5.41, 5.74) is 2.27. The summed E-state index contributed by atoms with van der Waals surface area (Å²) in [4.78, 5) is 8.33. The maximum Gasteiger partial charge on any atom is 0.138 e. The summed E-state index contributed by atoms with van der Waals surface area (Å²) in [7, 11) is 0. The molecule has 4 heteroatoms. The molecule has 0 aliphatic carbocycles. The van der Waals surface area contributed by atoms with Gasteiger partial charge in [0.05, 0.1) is 18.0 Å². The number of rotatable bonds is 4. The molecule has 2 heterocycles. The molecule has 1 N–H and O–H groups in total. The molecule has 2 aromatic rings. The predicted molar refractivity (Wildman–Crippen MR) is 73.0 cm³/mol. The Bertz CT molecular complexity index is 555. The molecular weight excluding hydrogens is 240 g/mol.